The molecule has 1 rings (SSSR count). The fourth-order valence-corrected chi connectivity index (χ4v) is 3.24. The van der Waals surface area contributed by atoms with Crippen molar-refractivity contribution in [2.45, 2.75) is 7.89 Å². The molecule has 0 heterocycles. The van der Waals surface area contributed by atoms with Crippen LogP contribution in [0.2, 0.25) is 15.1 Å². The molecule has 0 aliphatic heterocycles. The summed E-state index contributed by atoms with van der Waals surface area (Å²) in [6.45, 7) is 0. The van der Waals surface area contributed by atoms with E-state index >= 15 is 0 Å². The summed E-state index contributed by atoms with van der Waals surface area (Å²) in [4.78, 5) is -0.257. The predicted octanol–water partition coefficient (Wildman–Crippen LogP) is 4.44. The molecule has 0 atom stereocenters. The van der Waals surface area contributed by atoms with E-state index in [4.69, 9.17) is 58.0 Å². The van der Waals surface area contributed by atoms with Gasteiger partial charge in [-0.15, -0.1) is 12.6 Å². The first-order valence-electron chi connectivity index (χ1n) is 3.56. The van der Waals surface area contributed by atoms with Gasteiger partial charge in [-0.3, -0.25) is 0 Å². The van der Waals surface area contributed by atoms with E-state index in [0.717, 1.165) is 12.1 Å². The molecule has 2 nitrogen and oxygen atoms in total. The van der Waals surface area contributed by atoms with Crippen molar-refractivity contribution in [3.8, 4) is 0 Å². The number of benzene rings is 1. The van der Waals surface area contributed by atoms with Crippen LogP contribution >= 0.6 is 70.6 Å². The molecule has 0 radical (unpaired) electrons. The molecule has 16 heavy (non-hydrogen) atoms. The largest absolute Gasteiger partial charge is 0.266 e. The van der Waals surface area contributed by atoms with Gasteiger partial charge in [0.25, 0.3) is 3.00 Å². The lowest BCUT2D eigenvalue weighted by Gasteiger charge is -2.14. The van der Waals surface area contributed by atoms with Gasteiger partial charge in [0.1, 0.15) is 0 Å². The summed E-state index contributed by atoms with van der Waals surface area (Å²) in [5, 5.41) is 0.0218. The third kappa shape index (κ3) is 2.86. The van der Waals surface area contributed by atoms with Crippen LogP contribution in [0.4, 0.5) is 0 Å². The molecule has 0 fully saturated rings. The van der Waals surface area contributed by atoms with Crippen molar-refractivity contribution in [1.29, 1.82) is 0 Å². The number of hydrogen-bond donors (Lipinski definition) is 1. The van der Waals surface area contributed by atoms with Gasteiger partial charge in [0, 0.05) is 0 Å². The maximum Gasteiger partial charge on any atom is 0.266 e. The molecule has 0 N–H and O–H groups in total. The second-order valence-electron chi connectivity index (χ2n) is 2.69. The summed E-state index contributed by atoms with van der Waals surface area (Å²) in [5.74, 6) is 0. The smallest absolute Gasteiger partial charge is 0.220 e. The molecule has 0 spiro atoms. The molecule has 0 unspecified atom stereocenters. The maximum atomic E-state index is 11.8. The van der Waals surface area contributed by atoms with Crippen LogP contribution in [0.3, 0.4) is 0 Å². The zero-order chi connectivity index (χ0) is 12.7. The van der Waals surface area contributed by atoms with Crippen molar-refractivity contribution in [3.63, 3.8) is 0 Å². The number of rotatable bonds is 2. The molecule has 0 aliphatic carbocycles. The third-order valence-corrected chi connectivity index (χ3v) is 6.23. The minimum absolute atomic E-state index is 0.0151. The van der Waals surface area contributed by atoms with E-state index in [1.807, 2.05) is 0 Å². The summed E-state index contributed by atoms with van der Waals surface area (Å²) >= 11 is 31.5. The lowest BCUT2D eigenvalue weighted by Crippen LogP contribution is -2.19. The van der Waals surface area contributed by atoms with E-state index in [-0.39, 0.29) is 20.0 Å². The SMILES string of the molecule is O=S(=O)(c1cc(Cl)c(Cl)c(Cl)c1)C(S)(Cl)Cl. The van der Waals surface area contributed by atoms with Gasteiger partial charge < -0.3 is 0 Å². The van der Waals surface area contributed by atoms with Gasteiger partial charge in [-0.1, -0.05) is 58.0 Å². The topological polar surface area (TPSA) is 34.1 Å². The standard InChI is InChI=1S/C7H3Cl5O2S2/c8-4-1-3(2-5(9)6(4)10)16(13,14)7(11,12)15/h1-2,15H. The van der Waals surface area contributed by atoms with E-state index in [1.165, 1.54) is 0 Å². The summed E-state index contributed by atoms with van der Waals surface area (Å²) in [6, 6.07) is 2.20. The van der Waals surface area contributed by atoms with Crippen LogP contribution in [0, 0.1) is 0 Å². The van der Waals surface area contributed by atoms with Gasteiger partial charge in [-0.2, -0.15) is 0 Å². The Hall–Kier alpha value is 0.970. The number of thiol groups is 1. The number of sulfone groups is 1. The lowest BCUT2D eigenvalue weighted by molar-refractivity contribution is 0.597. The van der Waals surface area contributed by atoms with Crippen LogP contribution in [0.25, 0.3) is 0 Å². The van der Waals surface area contributed by atoms with E-state index < -0.39 is 12.8 Å². The van der Waals surface area contributed by atoms with Crippen molar-refractivity contribution < 1.29 is 8.42 Å². The molecule has 0 aliphatic rings. The van der Waals surface area contributed by atoms with Gasteiger partial charge in [0.2, 0.25) is 9.84 Å². The molecule has 90 valence electrons. The molecule has 1 aromatic rings. The van der Waals surface area contributed by atoms with Crippen LogP contribution in [0.15, 0.2) is 17.0 Å². The Morgan fingerprint density at radius 1 is 1.06 bits per heavy atom. The highest BCUT2D eigenvalue weighted by Crippen LogP contribution is 2.40. The summed E-state index contributed by atoms with van der Waals surface area (Å²) in [6.07, 6.45) is 0. The quantitative estimate of drug-likeness (QED) is 0.481. The Morgan fingerprint density at radius 2 is 1.44 bits per heavy atom. The van der Waals surface area contributed by atoms with Crippen LogP contribution in [-0.2, 0) is 9.84 Å². The molecule has 9 heteroatoms. The van der Waals surface area contributed by atoms with Crippen molar-refractivity contribution >= 4 is 80.5 Å². The van der Waals surface area contributed by atoms with Crippen molar-refractivity contribution in [1.82, 2.24) is 0 Å². The van der Waals surface area contributed by atoms with Gasteiger partial charge in [0.05, 0.1) is 20.0 Å². The molecular weight excluding hydrogens is 357 g/mol. The van der Waals surface area contributed by atoms with Gasteiger partial charge in [0.15, 0.2) is 0 Å². The molecule has 0 amide bonds. The Balaban J connectivity index is 3.49. The number of halogens is 5. The lowest BCUT2D eigenvalue weighted by atomic mass is 10.4. The fraction of sp³-hybridized carbons (Fsp3) is 0.143. The van der Waals surface area contributed by atoms with E-state index in [0.29, 0.717) is 0 Å². The Labute approximate surface area is 123 Å². The Bertz CT molecular complexity index is 497. The average molecular weight is 360 g/mol. The molecule has 0 saturated carbocycles. The molecule has 0 aromatic heterocycles. The first kappa shape index (κ1) is 15.0. The fourth-order valence-electron chi connectivity index (χ4n) is 0.829. The van der Waals surface area contributed by atoms with Crippen molar-refractivity contribution in [2.75, 3.05) is 0 Å². The highest BCUT2D eigenvalue weighted by atomic mass is 35.5. The van der Waals surface area contributed by atoms with Crippen LogP contribution in [0.1, 0.15) is 0 Å². The normalized spacial score (nSPS) is 12.9. The molecule has 1 aromatic carbocycles. The summed E-state index contributed by atoms with van der Waals surface area (Å²) in [7, 11) is -4.07. The van der Waals surface area contributed by atoms with Gasteiger partial charge >= 0.3 is 0 Å². The minimum atomic E-state index is -4.07. The first-order valence-corrected chi connectivity index (χ1v) is 7.38. The third-order valence-electron chi connectivity index (χ3n) is 1.59. The van der Waals surface area contributed by atoms with Crippen LogP contribution in [0.5, 0.6) is 0 Å². The average Bonchev–Trinajstić information content (AvgIpc) is 2.11. The van der Waals surface area contributed by atoms with Crippen molar-refractivity contribution in [2.24, 2.45) is 0 Å². The summed E-state index contributed by atoms with van der Waals surface area (Å²) < 4.78 is 21.3. The number of hydrogen-bond acceptors (Lipinski definition) is 3. The zero-order valence-electron chi connectivity index (χ0n) is 7.22. The van der Waals surface area contributed by atoms with Gasteiger partial charge in [-0.05, 0) is 12.1 Å². The number of alkyl halides is 2. The predicted molar refractivity (Wildman–Crippen MR) is 72.1 cm³/mol. The Morgan fingerprint density at radius 3 is 1.75 bits per heavy atom. The molecule has 0 bridgehead atoms. The van der Waals surface area contributed by atoms with E-state index in [2.05, 4.69) is 12.6 Å². The van der Waals surface area contributed by atoms with Crippen LogP contribution < -0.4 is 0 Å². The molecular formula is C7H3Cl5O2S2. The first-order chi connectivity index (χ1) is 7.07. The minimum Gasteiger partial charge on any atom is -0.220 e. The monoisotopic (exact) mass is 358 g/mol. The van der Waals surface area contributed by atoms with Crippen LogP contribution in [-0.4, -0.2) is 11.4 Å². The highest BCUT2D eigenvalue weighted by molar-refractivity contribution is 8.10. The zero-order valence-corrected chi connectivity index (χ0v) is 12.7. The Kier molecular flexibility index (Phi) is 4.62. The van der Waals surface area contributed by atoms with Gasteiger partial charge in [-0.25, -0.2) is 8.42 Å². The van der Waals surface area contributed by atoms with E-state index in [1.54, 1.807) is 0 Å². The van der Waals surface area contributed by atoms with Crippen molar-refractivity contribution in [3.05, 3.63) is 27.2 Å². The molecule has 0 saturated heterocycles. The highest BCUT2D eigenvalue weighted by Gasteiger charge is 2.38. The second kappa shape index (κ2) is 4.92. The second-order valence-corrected chi connectivity index (χ2v) is 9.25. The summed E-state index contributed by atoms with van der Waals surface area (Å²) in [5.41, 5.74) is 0. The van der Waals surface area contributed by atoms with E-state index in [9.17, 15) is 8.42 Å². The maximum absolute atomic E-state index is 11.8.